The molecule has 0 aliphatic rings. The van der Waals surface area contributed by atoms with Crippen molar-refractivity contribution in [3.05, 3.63) is 72.8 Å². The molecule has 0 aliphatic heterocycles. The number of para-hydroxylation sites is 1. The highest BCUT2D eigenvalue weighted by Crippen LogP contribution is 2.23. The Morgan fingerprint density at radius 1 is 1.11 bits per heavy atom. The summed E-state index contributed by atoms with van der Waals surface area (Å²) in [5.41, 5.74) is 0.640. The number of thioether (sulfide) groups is 1. The van der Waals surface area contributed by atoms with Gasteiger partial charge in [0.15, 0.2) is 0 Å². The van der Waals surface area contributed by atoms with Crippen molar-refractivity contribution in [2.45, 2.75) is 17.6 Å². The minimum atomic E-state index is -3.65. The van der Waals surface area contributed by atoms with E-state index in [1.54, 1.807) is 42.3 Å². The third-order valence-electron chi connectivity index (χ3n) is 4.03. The zero-order valence-corrected chi connectivity index (χ0v) is 17.2. The highest BCUT2D eigenvalue weighted by Gasteiger charge is 2.23. The Hall–Kier alpha value is -2.45. The van der Waals surface area contributed by atoms with E-state index in [0.717, 1.165) is 23.8 Å². The summed E-state index contributed by atoms with van der Waals surface area (Å²) < 4.78 is 32.5. The van der Waals surface area contributed by atoms with Crippen molar-refractivity contribution in [3.8, 4) is 0 Å². The molecule has 0 aliphatic carbocycles. The van der Waals surface area contributed by atoms with Crippen molar-refractivity contribution in [2.24, 2.45) is 0 Å². The largest absolute Gasteiger partial charge is 0.468 e. The van der Waals surface area contributed by atoms with Gasteiger partial charge in [-0.1, -0.05) is 18.2 Å². The maximum Gasteiger partial charge on any atom is 0.265 e. The summed E-state index contributed by atoms with van der Waals surface area (Å²) in [5, 5.41) is 3.21. The Morgan fingerprint density at radius 3 is 2.57 bits per heavy atom. The molecule has 28 heavy (non-hydrogen) atoms. The second kappa shape index (κ2) is 9.66. The van der Waals surface area contributed by atoms with Crippen molar-refractivity contribution in [1.29, 1.82) is 0 Å². The SMILES string of the molecule is CCN(c1ccccc1)S(=O)(=O)c1ccc(NCCSCc2ccco2)nc1. The Labute approximate surface area is 170 Å². The summed E-state index contributed by atoms with van der Waals surface area (Å²) in [7, 11) is -3.65. The highest BCUT2D eigenvalue weighted by atomic mass is 32.2. The lowest BCUT2D eigenvalue weighted by Gasteiger charge is -2.22. The molecule has 8 heteroatoms. The van der Waals surface area contributed by atoms with E-state index in [2.05, 4.69) is 10.3 Å². The molecule has 0 unspecified atom stereocenters. The number of rotatable bonds is 10. The van der Waals surface area contributed by atoms with Gasteiger partial charge in [-0.25, -0.2) is 13.4 Å². The van der Waals surface area contributed by atoms with E-state index in [9.17, 15) is 8.42 Å². The van der Waals surface area contributed by atoms with Crippen LogP contribution in [-0.4, -0.2) is 32.2 Å². The molecule has 0 amide bonds. The van der Waals surface area contributed by atoms with Crippen molar-refractivity contribution in [3.63, 3.8) is 0 Å². The molecule has 0 saturated carbocycles. The van der Waals surface area contributed by atoms with Crippen LogP contribution in [0.1, 0.15) is 12.7 Å². The first-order chi connectivity index (χ1) is 13.6. The zero-order chi connectivity index (χ0) is 19.8. The molecule has 1 N–H and O–H groups in total. The molecule has 2 heterocycles. The van der Waals surface area contributed by atoms with Gasteiger partial charge in [0.05, 0.1) is 17.7 Å². The van der Waals surface area contributed by atoms with Gasteiger partial charge in [0.25, 0.3) is 10.0 Å². The molecule has 2 aromatic heterocycles. The monoisotopic (exact) mass is 417 g/mol. The number of benzene rings is 1. The third kappa shape index (κ3) is 5.08. The van der Waals surface area contributed by atoms with Crippen LogP contribution in [0.25, 0.3) is 0 Å². The lowest BCUT2D eigenvalue weighted by atomic mass is 10.3. The fraction of sp³-hybridized carbons (Fsp3) is 0.250. The van der Waals surface area contributed by atoms with Gasteiger partial charge >= 0.3 is 0 Å². The molecule has 148 valence electrons. The third-order valence-corrected chi connectivity index (χ3v) is 6.90. The molecular weight excluding hydrogens is 394 g/mol. The number of nitrogens with zero attached hydrogens (tertiary/aromatic N) is 2. The number of anilines is 2. The number of pyridine rings is 1. The molecule has 3 rings (SSSR count). The minimum absolute atomic E-state index is 0.177. The molecule has 3 aromatic rings. The fourth-order valence-corrected chi connectivity index (χ4v) is 4.84. The molecule has 0 spiro atoms. The van der Waals surface area contributed by atoms with Gasteiger partial charge in [-0.2, -0.15) is 11.8 Å². The molecule has 0 saturated heterocycles. The number of sulfonamides is 1. The van der Waals surface area contributed by atoms with Crippen molar-refractivity contribution in [2.75, 3.05) is 28.5 Å². The van der Waals surface area contributed by atoms with E-state index in [1.807, 2.05) is 37.3 Å². The van der Waals surface area contributed by atoms with Gasteiger partial charge in [-0.05, 0) is 43.3 Å². The van der Waals surface area contributed by atoms with Crippen molar-refractivity contribution < 1.29 is 12.8 Å². The minimum Gasteiger partial charge on any atom is -0.468 e. The molecule has 0 fully saturated rings. The van der Waals surface area contributed by atoms with Crippen LogP contribution in [0, 0.1) is 0 Å². The lowest BCUT2D eigenvalue weighted by Crippen LogP contribution is -2.30. The van der Waals surface area contributed by atoms with Crippen LogP contribution in [-0.2, 0) is 15.8 Å². The second-order valence-electron chi connectivity index (χ2n) is 5.94. The van der Waals surface area contributed by atoms with Gasteiger partial charge in [0.1, 0.15) is 16.5 Å². The average molecular weight is 418 g/mol. The summed E-state index contributed by atoms with van der Waals surface area (Å²) in [5.74, 6) is 3.32. The average Bonchev–Trinajstić information content (AvgIpc) is 3.23. The van der Waals surface area contributed by atoms with Crippen LogP contribution in [0.4, 0.5) is 11.5 Å². The number of hydrogen-bond acceptors (Lipinski definition) is 6. The topological polar surface area (TPSA) is 75.4 Å². The first-order valence-corrected chi connectivity index (χ1v) is 11.6. The van der Waals surface area contributed by atoms with Gasteiger partial charge < -0.3 is 9.73 Å². The molecule has 0 atom stereocenters. The molecule has 0 bridgehead atoms. The smallest absolute Gasteiger partial charge is 0.265 e. The summed E-state index contributed by atoms with van der Waals surface area (Å²) in [6, 6.07) is 16.2. The second-order valence-corrected chi connectivity index (χ2v) is 8.91. The number of furan rings is 1. The Morgan fingerprint density at radius 2 is 1.93 bits per heavy atom. The Balaban J connectivity index is 1.56. The number of nitrogens with one attached hydrogen (secondary N) is 1. The van der Waals surface area contributed by atoms with Crippen LogP contribution in [0.3, 0.4) is 0 Å². The quantitative estimate of drug-likeness (QED) is 0.498. The highest BCUT2D eigenvalue weighted by molar-refractivity contribution is 7.98. The maximum atomic E-state index is 12.9. The Bertz CT molecular complexity index is 944. The van der Waals surface area contributed by atoms with E-state index in [1.165, 1.54) is 10.5 Å². The first kappa shape index (κ1) is 20.3. The predicted molar refractivity (Wildman–Crippen MR) is 114 cm³/mol. The van der Waals surface area contributed by atoms with E-state index >= 15 is 0 Å². The van der Waals surface area contributed by atoms with Crippen LogP contribution >= 0.6 is 11.8 Å². The number of hydrogen-bond donors (Lipinski definition) is 1. The molecule has 1 aromatic carbocycles. The summed E-state index contributed by atoms with van der Waals surface area (Å²) in [6.07, 6.45) is 3.07. The summed E-state index contributed by atoms with van der Waals surface area (Å²) in [4.78, 5) is 4.43. The maximum absolute atomic E-state index is 12.9. The van der Waals surface area contributed by atoms with E-state index in [0.29, 0.717) is 18.1 Å². The van der Waals surface area contributed by atoms with E-state index in [4.69, 9.17) is 4.42 Å². The van der Waals surface area contributed by atoms with Crippen LogP contribution < -0.4 is 9.62 Å². The number of aromatic nitrogens is 1. The summed E-state index contributed by atoms with van der Waals surface area (Å²) in [6.45, 7) is 2.89. The predicted octanol–water partition coefficient (Wildman–Crippen LogP) is 4.24. The van der Waals surface area contributed by atoms with Gasteiger partial charge in [0.2, 0.25) is 0 Å². The van der Waals surface area contributed by atoms with E-state index < -0.39 is 10.0 Å². The first-order valence-electron chi connectivity index (χ1n) is 8.99. The van der Waals surface area contributed by atoms with E-state index in [-0.39, 0.29) is 4.90 Å². The Kier molecular flexibility index (Phi) is 7.00. The van der Waals surface area contributed by atoms with Crippen molar-refractivity contribution >= 4 is 33.3 Å². The fourth-order valence-electron chi connectivity index (χ4n) is 2.67. The van der Waals surface area contributed by atoms with Gasteiger partial charge in [-0.15, -0.1) is 0 Å². The van der Waals surface area contributed by atoms with Gasteiger partial charge in [0, 0.05) is 25.0 Å². The van der Waals surface area contributed by atoms with Crippen molar-refractivity contribution in [1.82, 2.24) is 4.98 Å². The zero-order valence-electron chi connectivity index (χ0n) is 15.6. The van der Waals surface area contributed by atoms with Gasteiger partial charge in [-0.3, -0.25) is 4.31 Å². The lowest BCUT2D eigenvalue weighted by molar-refractivity contribution is 0.530. The van der Waals surface area contributed by atoms with Crippen LogP contribution in [0.5, 0.6) is 0 Å². The molecular formula is C20H23N3O3S2. The normalized spacial score (nSPS) is 11.3. The summed E-state index contributed by atoms with van der Waals surface area (Å²) >= 11 is 1.76. The standard InChI is InChI=1S/C20H23N3O3S2/c1-2-23(17-7-4-3-5-8-17)28(24,25)19-10-11-20(22-15-19)21-12-14-27-16-18-9-6-13-26-18/h3-11,13,15H,2,12,14,16H2,1H3,(H,21,22). The molecule has 6 nitrogen and oxygen atoms in total. The molecule has 0 radical (unpaired) electrons. The van der Waals surface area contributed by atoms with Crippen LogP contribution in [0.15, 0.2) is 76.4 Å². The van der Waals surface area contributed by atoms with Crippen LogP contribution in [0.2, 0.25) is 0 Å².